The quantitative estimate of drug-likeness (QED) is 0.887. The molecule has 23 heavy (non-hydrogen) atoms. The molecule has 1 aliphatic heterocycles. The number of aryl methyl sites for hydroxylation is 2. The molecule has 2 rings (SSSR count). The molecule has 1 aromatic rings. The number of hydrogen-bond donors (Lipinski definition) is 2. The van der Waals surface area contributed by atoms with Gasteiger partial charge in [0.1, 0.15) is 6.04 Å². The van der Waals surface area contributed by atoms with Crippen LogP contribution in [0.2, 0.25) is 0 Å². The van der Waals surface area contributed by atoms with Crippen LogP contribution in [0.25, 0.3) is 0 Å². The summed E-state index contributed by atoms with van der Waals surface area (Å²) >= 11 is 1.73. The van der Waals surface area contributed by atoms with Crippen LogP contribution >= 0.6 is 11.3 Å². The van der Waals surface area contributed by atoms with E-state index in [1.807, 2.05) is 11.8 Å². The largest absolute Gasteiger partial charge is 0.341 e. The van der Waals surface area contributed by atoms with E-state index in [9.17, 15) is 9.59 Å². The third-order valence-corrected chi connectivity index (χ3v) is 5.26. The molecule has 1 fully saturated rings. The molecule has 128 valence electrons. The fraction of sp³-hybridized carbons (Fsp3) is 0.647. The molecule has 6 heteroatoms. The number of amides is 3. The molecule has 2 atom stereocenters. The second-order valence-electron chi connectivity index (χ2n) is 6.32. The first kappa shape index (κ1) is 17.8. The van der Waals surface area contributed by atoms with Crippen LogP contribution in [0.5, 0.6) is 0 Å². The highest BCUT2D eigenvalue weighted by Crippen LogP contribution is 2.25. The molecule has 1 saturated heterocycles. The van der Waals surface area contributed by atoms with Gasteiger partial charge in [-0.1, -0.05) is 0 Å². The van der Waals surface area contributed by atoms with E-state index in [1.54, 1.807) is 18.3 Å². The molecular formula is C17H27N3O2S. The summed E-state index contributed by atoms with van der Waals surface area (Å²) in [5.74, 6) is 0.00932. The highest BCUT2D eigenvalue weighted by atomic mass is 32.1. The van der Waals surface area contributed by atoms with Gasteiger partial charge >= 0.3 is 6.03 Å². The minimum Gasteiger partial charge on any atom is -0.341 e. The Kier molecular flexibility index (Phi) is 6.04. The summed E-state index contributed by atoms with van der Waals surface area (Å²) in [6, 6.07) is 1.24. The second kappa shape index (κ2) is 7.81. The number of carbonyl (C=O) groups is 2. The molecule has 1 aliphatic rings. The lowest BCUT2D eigenvalue weighted by molar-refractivity contribution is -0.133. The number of piperidine rings is 1. The molecule has 0 radical (unpaired) electrons. The number of rotatable bonds is 4. The van der Waals surface area contributed by atoms with Gasteiger partial charge in [0.05, 0.1) is 6.04 Å². The number of hydrogen-bond acceptors (Lipinski definition) is 3. The standard InChI is InChI=1S/C17H27N3O2S/c1-11-10-15(14(4)23-11)12(2)18-17(22)19-13(3)16(21)20-8-6-5-7-9-20/h10,12-13H,5-9H2,1-4H3,(H2,18,19,22). The number of carbonyl (C=O) groups excluding carboxylic acids is 2. The monoisotopic (exact) mass is 337 g/mol. The Bertz CT molecular complexity index is 564. The fourth-order valence-corrected chi connectivity index (χ4v) is 4.07. The maximum Gasteiger partial charge on any atom is 0.315 e. The summed E-state index contributed by atoms with van der Waals surface area (Å²) in [5, 5.41) is 5.69. The molecule has 0 spiro atoms. The van der Waals surface area contributed by atoms with Crippen LogP contribution in [0.1, 0.15) is 54.5 Å². The average Bonchev–Trinajstić information content (AvgIpc) is 2.86. The first-order valence-corrected chi connectivity index (χ1v) is 9.13. The van der Waals surface area contributed by atoms with Crippen molar-refractivity contribution in [3.05, 3.63) is 21.4 Å². The summed E-state index contributed by atoms with van der Waals surface area (Å²) in [7, 11) is 0. The molecule has 0 aliphatic carbocycles. The molecule has 1 aromatic heterocycles. The highest BCUT2D eigenvalue weighted by molar-refractivity contribution is 7.12. The number of urea groups is 1. The van der Waals surface area contributed by atoms with Crippen molar-refractivity contribution in [2.24, 2.45) is 0 Å². The Morgan fingerprint density at radius 1 is 1.13 bits per heavy atom. The summed E-state index contributed by atoms with van der Waals surface area (Å²) in [4.78, 5) is 28.8. The second-order valence-corrected chi connectivity index (χ2v) is 7.78. The van der Waals surface area contributed by atoms with Gasteiger partial charge in [0.15, 0.2) is 0 Å². The third kappa shape index (κ3) is 4.70. The van der Waals surface area contributed by atoms with E-state index in [-0.39, 0.29) is 18.0 Å². The van der Waals surface area contributed by atoms with E-state index < -0.39 is 6.04 Å². The Hall–Kier alpha value is -1.56. The Balaban J connectivity index is 1.85. The number of nitrogens with zero attached hydrogens (tertiary/aromatic N) is 1. The molecular weight excluding hydrogens is 310 g/mol. The van der Waals surface area contributed by atoms with Crippen molar-refractivity contribution in [3.8, 4) is 0 Å². The minimum absolute atomic E-state index is 0.00932. The summed E-state index contributed by atoms with van der Waals surface area (Å²) in [6.07, 6.45) is 3.29. The van der Waals surface area contributed by atoms with Gasteiger partial charge in [-0.3, -0.25) is 4.79 Å². The Morgan fingerprint density at radius 2 is 1.78 bits per heavy atom. The van der Waals surface area contributed by atoms with Crippen LogP contribution in [0.3, 0.4) is 0 Å². The van der Waals surface area contributed by atoms with Crippen LogP contribution in [0.15, 0.2) is 6.07 Å². The van der Waals surface area contributed by atoms with Crippen LogP contribution in [0.4, 0.5) is 4.79 Å². The van der Waals surface area contributed by atoms with Gasteiger partial charge in [-0.15, -0.1) is 11.3 Å². The first-order valence-electron chi connectivity index (χ1n) is 8.31. The SMILES string of the molecule is Cc1cc(C(C)NC(=O)NC(C)C(=O)N2CCCCC2)c(C)s1. The van der Waals surface area contributed by atoms with Crippen LogP contribution in [-0.2, 0) is 4.79 Å². The van der Waals surface area contributed by atoms with E-state index >= 15 is 0 Å². The third-order valence-electron chi connectivity index (χ3n) is 4.28. The average molecular weight is 337 g/mol. The van der Waals surface area contributed by atoms with Crippen molar-refractivity contribution in [1.82, 2.24) is 15.5 Å². The zero-order chi connectivity index (χ0) is 17.0. The van der Waals surface area contributed by atoms with Gasteiger partial charge in [0.25, 0.3) is 0 Å². The first-order chi connectivity index (χ1) is 10.9. The Morgan fingerprint density at radius 3 is 2.35 bits per heavy atom. The lowest BCUT2D eigenvalue weighted by Crippen LogP contribution is -2.51. The molecule has 0 saturated carbocycles. The van der Waals surface area contributed by atoms with Gasteiger partial charge in [-0.2, -0.15) is 0 Å². The molecule has 2 unspecified atom stereocenters. The lowest BCUT2D eigenvalue weighted by Gasteiger charge is -2.29. The lowest BCUT2D eigenvalue weighted by atomic mass is 10.1. The van der Waals surface area contributed by atoms with Crippen molar-refractivity contribution in [2.45, 2.75) is 59.0 Å². The van der Waals surface area contributed by atoms with Crippen molar-refractivity contribution in [2.75, 3.05) is 13.1 Å². The topological polar surface area (TPSA) is 61.4 Å². The molecule has 0 aromatic carbocycles. The van der Waals surface area contributed by atoms with E-state index in [2.05, 4.69) is 30.5 Å². The molecule has 2 heterocycles. The molecule has 5 nitrogen and oxygen atoms in total. The van der Waals surface area contributed by atoms with Crippen molar-refractivity contribution in [3.63, 3.8) is 0 Å². The van der Waals surface area contributed by atoms with Gasteiger partial charge in [0.2, 0.25) is 5.91 Å². The maximum absolute atomic E-state index is 12.3. The van der Waals surface area contributed by atoms with E-state index in [0.717, 1.165) is 31.5 Å². The number of thiophene rings is 1. The van der Waals surface area contributed by atoms with E-state index in [0.29, 0.717) is 0 Å². The number of nitrogens with one attached hydrogen (secondary N) is 2. The molecule has 0 bridgehead atoms. The minimum atomic E-state index is -0.495. The van der Waals surface area contributed by atoms with Crippen LogP contribution in [0, 0.1) is 13.8 Å². The maximum atomic E-state index is 12.3. The predicted octanol–water partition coefficient (Wildman–Crippen LogP) is 3.13. The smallest absolute Gasteiger partial charge is 0.315 e. The Labute approximate surface area is 142 Å². The van der Waals surface area contributed by atoms with Crippen molar-refractivity contribution in [1.29, 1.82) is 0 Å². The summed E-state index contributed by atoms with van der Waals surface area (Å²) in [6.45, 7) is 9.44. The van der Waals surface area contributed by atoms with Crippen molar-refractivity contribution < 1.29 is 9.59 Å². The predicted molar refractivity (Wildman–Crippen MR) is 93.8 cm³/mol. The molecule has 2 N–H and O–H groups in total. The zero-order valence-corrected chi connectivity index (χ0v) is 15.3. The van der Waals surface area contributed by atoms with Gasteiger partial charge in [0, 0.05) is 22.8 Å². The summed E-state index contributed by atoms with van der Waals surface area (Å²) in [5.41, 5.74) is 1.14. The van der Waals surface area contributed by atoms with Gasteiger partial charge in [-0.05, 0) is 58.6 Å². The highest BCUT2D eigenvalue weighted by Gasteiger charge is 2.24. The van der Waals surface area contributed by atoms with E-state index in [1.165, 1.54) is 16.2 Å². The van der Waals surface area contributed by atoms with E-state index in [4.69, 9.17) is 0 Å². The molecule has 3 amide bonds. The van der Waals surface area contributed by atoms with Crippen LogP contribution < -0.4 is 10.6 Å². The zero-order valence-electron chi connectivity index (χ0n) is 14.4. The fourth-order valence-electron chi connectivity index (χ4n) is 3.04. The van der Waals surface area contributed by atoms with Gasteiger partial charge < -0.3 is 15.5 Å². The normalized spacial score (nSPS) is 17.5. The summed E-state index contributed by atoms with van der Waals surface area (Å²) < 4.78 is 0. The van der Waals surface area contributed by atoms with Gasteiger partial charge in [-0.25, -0.2) is 4.79 Å². The van der Waals surface area contributed by atoms with Crippen molar-refractivity contribution >= 4 is 23.3 Å². The number of likely N-dealkylation sites (tertiary alicyclic amines) is 1. The van der Waals surface area contributed by atoms with Crippen LogP contribution in [-0.4, -0.2) is 36.0 Å².